The van der Waals surface area contributed by atoms with E-state index in [0.29, 0.717) is 18.0 Å². The highest BCUT2D eigenvalue weighted by molar-refractivity contribution is 7.09. The van der Waals surface area contributed by atoms with Crippen molar-refractivity contribution in [3.63, 3.8) is 0 Å². The minimum absolute atomic E-state index is 0.151. The van der Waals surface area contributed by atoms with Crippen LogP contribution >= 0.6 is 11.3 Å². The van der Waals surface area contributed by atoms with Crippen LogP contribution in [0.15, 0.2) is 82.8 Å². The summed E-state index contributed by atoms with van der Waals surface area (Å²) in [5.41, 5.74) is 0.956. The van der Waals surface area contributed by atoms with Crippen LogP contribution in [0.1, 0.15) is 50.9 Å². The number of carbonyl (C=O) groups excluding carboxylic acids is 1. The summed E-state index contributed by atoms with van der Waals surface area (Å²) >= 11 is 1.56. The van der Waals surface area contributed by atoms with Crippen molar-refractivity contribution in [2.45, 2.75) is 38.8 Å². The van der Waals surface area contributed by atoms with Gasteiger partial charge in [0.05, 0.1) is 18.2 Å². The van der Waals surface area contributed by atoms with Gasteiger partial charge in [-0.15, -0.1) is 11.3 Å². The van der Waals surface area contributed by atoms with Gasteiger partial charge in [0.1, 0.15) is 6.26 Å². The first-order valence-electron chi connectivity index (χ1n) is 11.0. The number of nitrogens with one attached hydrogen (secondary N) is 1. The van der Waals surface area contributed by atoms with E-state index in [4.69, 9.17) is 4.42 Å². The van der Waals surface area contributed by atoms with Crippen molar-refractivity contribution in [1.82, 2.24) is 15.2 Å². The summed E-state index contributed by atoms with van der Waals surface area (Å²) in [6.07, 6.45) is -3.10. The zero-order chi connectivity index (χ0) is 24.8. The zero-order valence-corrected chi connectivity index (χ0v) is 19.8. The maximum absolute atomic E-state index is 13.2. The largest absolute Gasteiger partial charge is 0.447 e. The van der Waals surface area contributed by atoms with Crippen LogP contribution in [0.2, 0.25) is 0 Å². The Labute approximate surface area is 205 Å². The fourth-order valence-electron chi connectivity index (χ4n) is 3.67. The molecule has 182 valence electrons. The highest BCUT2D eigenvalue weighted by atomic mass is 32.1. The number of thiophene rings is 1. The Morgan fingerprint density at radius 2 is 1.86 bits per heavy atom. The third-order valence-corrected chi connectivity index (χ3v) is 6.27. The number of oxazole rings is 1. The standard InChI is InChI=1S/C26H24F3N3O2S/c1-18(20-8-3-2-4-9-20)30-25(33)23-17-34-24(31-23)16-32(15-22-11-6-12-35-22)14-19-7-5-10-21(13-19)26(27,28)29/h2-13,17-18H,14-16H2,1H3,(H,30,33). The minimum Gasteiger partial charge on any atom is -0.447 e. The topological polar surface area (TPSA) is 58.4 Å². The second-order valence-corrected chi connectivity index (χ2v) is 9.19. The van der Waals surface area contributed by atoms with Gasteiger partial charge in [-0.2, -0.15) is 13.2 Å². The molecule has 0 aliphatic carbocycles. The monoisotopic (exact) mass is 499 g/mol. The van der Waals surface area contributed by atoms with E-state index in [1.54, 1.807) is 17.4 Å². The molecule has 0 saturated heterocycles. The molecule has 0 fully saturated rings. The Morgan fingerprint density at radius 1 is 1.06 bits per heavy atom. The molecule has 2 aromatic heterocycles. The first kappa shape index (κ1) is 24.7. The molecule has 2 heterocycles. The first-order valence-corrected chi connectivity index (χ1v) is 11.9. The van der Waals surface area contributed by atoms with Crippen LogP contribution in [0.5, 0.6) is 0 Å². The molecule has 0 aliphatic rings. The third kappa shape index (κ3) is 6.80. The summed E-state index contributed by atoms with van der Waals surface area (Å²) in [4.78, 5) is 20.0. The van der Waals surface area contributed by atoms with Gasteiger partial charge in [-0.1, -0.05) is 54.6 Å². The summed E-state index contributed by atoms with van der Waals surface area (Å²) in [5, 5.41) is 4.84. The van der Waals surface area contributed by atoms with Gasteiger partial charge in [0, 0.05) is 18.0 Å². The van der Waals surface area contributed by atoms with Gasteiger partial charge in [0.25, 0.3) is 5.91 Å². The summed E-state index contributed by atoms with van der Waals surface area (Å²) in [7, 11) is 0. The van der Waals surface area contributed by atoms with Crippen molar-refractivity contribution in [2.75, 3.05) is 0 Å². The molecule has 0 radical (unpaired) electrons. The lowest BCUT2D eigenvalue weighted by Crippen LogP contribution is -2.27. The maximum Gasteiger partial charge on any atom is 0.416 e. The van der Waals surface area contributed by atoms with Gasteiger partial charge >= 0.3 is 6.18 Å². The number of aromatic nitrogens is 1. The van der Waals surface area contributed by atoms with Gasteiger partial charge in [-0.25, -0.2) is 4.98 Å². The summed E-state index contributed by atoms with van der Waals surface area (Å²) < 4.78 is 45.0. The number of rotatable bonds is 9. The van der Waals surface area contributed by atoms with E-state index < -0.39 is 11.7 Å². The molecule has 4 rings (SSSR count). The molecule has 35 heavy (non-hydrogen) atoms. The number of carbonyl (C=O) groups is 1. The number of hydrogen-bond donors (Lipinski definition) is 1. The van der Waals surface area contributed by atoms with Crippen LogP contribution in [0.4, 0.5) is 13.2 Å². The van der Waals surface area contributed by atoms with Gasteiger partial charge < -0.3 is 9.73 Å². The molecule has 0 bridgehead atoms. The molecule has 5 nitrogen and oxygen atoms in total. The van der Waals surface area contributed by atoms with E-state index in [2.05, 4.69) is 10.3 Å². The zero-order valence-electron chi connectivity index (χ0n) is 19.0. The van der Waals surface area contributed by atoms with Crippen LogP contribution in [0.3, 0.4) is 0 Å². The lowest BCUT2D eigenvalue weighted by Gasteiger charge is -2.21. The van der Waals surface area contributed by atoms with E-state index in [-0.39, 0.29) is 30.7 Å². The summed E-state index contributed by atoms with van der Waals surface area (Å²) in [5.74, 6) is -0.0508. The number of halogens is 3. The molecule has 2 aromatic carbocycles. The lowest BCUT2D eigenvalue weighted by molar-refractivity contribution is -0.137. The van der Waals surface area contributed by atoms with Gasteiger partial charge in [-0.3, -0.25) is 9.69 Å². The quantitative estimate of drug-likeness (QED) is 0.288. The van der Waals surface area contributed by atoms with Crippen molar-refractivity contribution in [2.24, 2.45) is 0 Å². The van der Waals surface area contributed by atoms with Crippen LogP contribution in [-0.2, 0) is 25.8 Å². The minimum atomic E-state index is -4.41. The molecule has 4 aromatic rings. The molecule has 0 aliphatic heterocycles. The molecule has 1 amide bonds. The number of hydrogen-bond acceptors (Lipinski definition) is 5. The van der Waals surface area contributed by atoms with Crippen LogP contribution in [0.25, 0.3) is 0 Å². The number of amides is 1. The Bertz CT molecular complexity index is 1240. The average Bonchev–Trinajstić information content (AvgIpc) is 3.52. The maximum atomic E-state index is 13.2. The predicted octanol–water partition coefficient (Wildman–Crippen LogP) is 6.45. The Hall–Kier alpha value is -3.43. The van der Waals surface area contributed by atoms with E-state index in [9.17, 15) is 18.0 Å². The van der Waals surface area contributed by atoms with E-state index in [1.807, 2.05) is 59.7 Å². The average molecular weight is 500 g/mol. The summed E-state index contributed by atoms with van der Waals surface area (Å²) in [6.45, 7) is 2.88. The van der Waals surface area contributed by atoms with E-state index >= 15 is 0 Å². The van der Waals surface area contributed by atoms with Gasteiger partial charge in [0.15, 0.2) is 5.69 Å². The van der Waals surface area contributed by atoms with Gasteiger partial charge in [-0.05, 0) is 35.6 Å². The van der Waals surface area contributed by atoms with E-state index in [1.165, 1.54) is 12.3 Å². The molecular formula is C26H24F3N3O2S. The van der Waals surface area contributed by atoms with E-state index in [0.717, 1.165) is 22.6 Å². The Morgan fingerprint density at radius 3 is 2.57 bits per heavy atom. The van der Waals surface area contributed by atoms with Crippen molar-refractivity contribution in [3.8, 4) is 0 Å². The van der Waals surface area contributed by atoms with Crippen LogP contribution < -0.4 is 5.32 Å². The fourth-order valence-corrected chi connectivity index (χ4v) is 4.42. The molecule has 0 spiro atoms. The normalized spacial score (nSPS) is 12.6. The second-order valence-electron chi connectivity index (χ2n) is 8.15. The molecule has 1 N–H and O–H groups in total. The van der Waals surface area contributed by atoms with Crippen molar-refractivity contribution in [3.05, 3.63) is 112 Å². The molecule has 0 saturated carbocycles. The lowest BCUT2D eigenvalue weighted by atomic mass is 10.1. The Kier molecular flexibility index (Phi) is 7.67. The molecular weight excluding hydrogens is 475 g/mol. The van der Waals surface area contributed by atoms with Crippen LogP contribution in [-0.4, -0.2) is 15.8 Å². The number of benzene rings is 2. The van der Waals surface area contributed by atoms with Crippen LogP contribution in [0, 0.1) is 0 Å². The summed E-state index contributed by atoms with van der Waals surface area (Å²) in [6, 6.07) is 18.5. The molecule has 1 atom stereocenters. The van der Waals surface area contributed by atoms with Crippen molar-refractivity contribution >= 4 is 17.2 Å². The van der Waals surface area contributed by atoms with Crippen molar-refractivity contribution < 1.29 is 22.4 Å². The second kappa shape index (κ2) is 10.9. The predicted molar refractivity (Wildman–Crippen MR) is 128 cm³/mol. The fraction of sp³-hybridized carbons (Fsp3) is 0.231. The molecule has 9 heteroatoms. The number of nitrogens with zero attached hydrogens (tertiary/aromatic N) is 2. The first-order chi connectivity index (χ1) is 16.8. The van der Waals surface area contributed by atoms with Crippen molar-refractivity contribution in [1.29, 1.82) is 0 Å². The SMILES string of the molecule is CC(NC(=O)c1coc(CN(Cc2cccc(C(F)(F)F)c2)Cc2cccs2)n1)c1ccccc1. The number of alkyl halides is 3. The Balaban J connectivity index is 1.46. The molecule has 1 unspecified atom stereocenters. The van der Waals surface area contributed by atoms with Gasteiger partial charge in [0.2, 0.25) is 5.89 Å². The third-order valence-electron chi connectivity index (χ3n) is 5.41. The smallest absolute Gasteiger partial charge is 0.416 e. The highest BCUT2D eigenvalue weighted by Crippen LogP contribution is 2.30. The highest BCUT2D eigenvalue weighted by Gasteiger charge is 2.30.